The molecule has 2 N–H and O–H groups in total. The lowest BCUT2D eigenvalue weighted by Crippen LogP contribution is -2.55. The van der Waals surface area contributed by atoms with E-state index < -0.39 is 24.1 Å². The maximum atomic E-state index is 13.2. The number of rotatable bonds is 10. The molecular formula is C26H35N3O4. The van der Waals surface area contributed by atoms with Gasteiger partial charge in [0.1, 0.15) is 18.7 Å². The lowest BCUT2D eigenvalue weighted by molar-refractivity contribution is -0.131. The van der Waals surface area contributed by atoms with Crippen molar-refractivity contribution in [3.63, 3.8) is 0 Å². The van der Waals surface area contributed by atoms with Crippen LogP contribution in [0.15, 0.2) is 60.7 Å². The van der Waals surface area contributed by atoms with Crippen LogP contribution in [0.2, 0.25) is 0 Å². The summed E-state index contributed by atoms with van der Waals surface area (Å²) >= 11 is 0. The van der Waals surface area contributed by atoms with Crippen molar-refractivity contribution in [2.45, 2.75) is 52.8 Å². The quantitative estimate of drug-likeness (QED) is 0.406. The lowest BCUT2D eigenvalue weighted by Gasteiger charge is -2.31. The minimum absolute atomic E-state index is 0.117. The van der Waals surface area contributed by atoms with Gasteiger partial charge in [-0.05, 0) is 36.0 Å². The Bertz CT molecular complexity index is 900. The minimum Gasteiger partial charge on any atom is -0.445 e. The summed E-state index contributed by atoms with van der Waals surface area (Å²) in [6.45, 7) is 7.80. The summed E-state index contributed by atoms with van der Waals surface area (Å²) in [5.41, 5.74) is 1.52. The maximum absolute atomic E-state index is 13.2. The van der Waals surface area contributed by atoms with Crippen LogP contribution in [-0.2, 0) is 20.9 Å². The standard InChI is InChI=1S/C26H35N3O4/c1-18(2)16-22(24(30)27-21-14-10-7-11-15-21)28-25(31)23(19(3)4)29(5)26(32)33-17-20-12-8-6-9-13-20/h6-15,18-19,22-23H,16-17H2,1-5H3,(H,27,30)(H,28,31)/t22-,23-/m0/s1/i3+1,4+1,19+1,23+1,25+1,29+1. The summed E-state index contributed by atoms with van der Waals surface area (Å²) in [5.74, 6) is -0.683. The predicted octanol–water partition coefficient (Wildman–Crippen LogP) is 4.45. The molecule has 33 heavy (non-hydrogen) atoms. The van der Waals surface area contributed by atoms with E-state index >= 15 is 0 Å². The molecule has 2 atom stereocenters. The molecule has 0 aliphatic heterocycles. The smallest absolute Gasteiger partial charge is 0.410 e. The van der Waals surface area contributed by atoms with E-state index in [1.165, 1.54) is 4.90 Å². The number of amides is 3. The number of carbonyl (C=O) groups excluding carboxylic acids is 3. The van der Waals surface area contributed by atoms with E-state index in [9.17, 15) is 14.4 Å². The number of ether oxygens (including phenoxy) is 1. The molecule has 0 radical (unpaired) electrons. The average molecular weight is 460 g/mol. The molecule has 0 bridgehead atoms. The fourth-order valence-electron chi connectivity index (χ4n) is 3.57. The third-order valence-electron chi connectivity index (χ3n) is 5.19. The Kier molecular flexibility index (Phi) is 9.91. The van der Waals surface area contributed by atoms with Crippen LogP contribution in [0.5, 0.6) is 0 Å². The minimum atomic E-state index is -0.785. The van der Waals surface area contributed by atoms with Gasteiger partial charge in [0, 0.05) is 12.7 Å². The lowest BCUT2D eigenvalue weighted by atomic mass is 10.0. The number of carbonyl (C=O) groups is 3. The first-order valence-electron chi connectivity index (χ1n) is 11.3. The zero-order valence-corrected chi connectivity index (χ0v) is 20.1. The van der Waals surface area contributed by atoms with Crippen molar-refractivity contribution in [1.29, 1.82) is 0 Å². The molecule has 0 spiro atoms. The first-order valence-corrected chi connectivity index (χ1v) is 11.3. The highest BCUT2D eigenvalue weighted by Gasteiger charge is 2.33. The summed E-state index contributed by atoms with van der Waals surface area (Å²) in [6.07, 6.45) is -0.126. The SMILES string of the molecule is CC(C)C[C@H](N[13C](=O)[13C@H]([13CH]([13CH3])[13CH3])[15N](C)C(=O)OCc1ccccc1)C(=O)Nc1ccccc1. The van der Waals surface area contributed by atoms with Gasteiger partial charge in [-0.2, -0.15) is 0 Å². The number of likely N-dealkylation sites (N-methyl/N-ethyl adjacent to an activating group) is 1. The van der Waals surface area contributed by atoms with Gasteiger partial charge in [0.15, 0.2) is 0 Å². The number of para-hydroxylation sites is 1. The fourth-order valence-corrected chi connectivity index (χ4v) is 3.57. The van der Waals surface area contributed by atoms with E-state index in [2.05, 4.69) is 10.6 Å². The van der Waals surface area contributed by atoms with Gasteiger partial charge >= 0.3 is 6.09 Å². The zero-order valence-electron chi connectivity index (χ0n) is 20.1. The Morgan fingerprint density at radius 1 is 0.879 bits per heavy atom. The Morgan fingerprint density at radius 3 is 2.00 bits per heavy atom. The molecule has 0 aromatic heterocycles. The summed E-state index contributed by atoms with van der Waals surface area (Å²) in [7, 11) is 1.54. The van der Waals surface area contributed by atoms with Crippen LogP contribution >= 0.6 is 0 Å². The normalized spacial score (nSPS) is 12.7. The van der Waals surface area contributed by atoms with Crippen molar-refractivity contribution in [2.24, 2.45) is 11.8 Å². The summed E-state index contributed by atoms with van der Waals surface area (Å²) in [6, 6.07) is 16.9. The molecule has 0 saturated heterocycles. The van der Waals surface area contributed by atoms with E-state index in [0.717, 1.165) is 5.56 Å². The summed E-state index contributed by atoms with van der Waals surface area (Å²) in [4.78, 5) is 40.1. The van der Waals surface area contributed by atoms with Crippen LogP contribution in [-0.4, -0.2) is 41.9 Å². The van der Waals surface area contributed by atoms with Gasteiger partial charge < -0.3 is 15.4 Å². The van der Waals surface area contributed by atoms with Crippen LogP contribution in [0.1, 0.15) is 39.7 Å². The molecule has 178 valence electrons. The Morgan fingerprint density at radius 2 is 1.45 bits per heavy atom. The fraction of sp³-hybridized carbons (Fsp3) is 0.423. The monoisotopic (exact) mass is 459 g/mol. The molecule has 0 aliphatic carbocycles. The van der Waals surface area contributed by atoms with Gasteiger partial charge in [-0.15, -0.1) is 0 Å². The molecule has 0 aliphatic rings. The first-order chi connectivity index (χ1) is 15.7. The summed E-state index contributed by atoms with van der Waals surface area (Å²) < 4.78 is 5.39. The molecule has 7 nitrogen and oxygen atoms in total. The Balaban J connectivity index is 2.07. The number of hydrogen-bond acceptors (Lipinski definition) is 4. The molecule has 7 heteroatoms. The van der Waals surface area contributed by atoms with Crippen LogP contribution in [0.4, 0.5) is 10.5 Å². The van der Waals surface area contributed by atoms with Crippen LogP contribution < -0.4 is 10.6 Å². The second-order valence-electron chi connectivity index (χ2n) is 8.89. The molecule has 0 fully saturated rings. The second-order valence-corrected chi connectivity index (χ2v) is 8.89. The molecule has 0 heterocycles. The molecule has 3 amide bonds. The highest BCUT2D eigenvalue weighted by molar-refractivity contribution is 5.98. The number of nitrogens with one attached hydrogen (secondary N) is 2. The molecule has 0 unspecified atom stereocenters. The van der Waals surface area contributed by atoms with Crippen molar-refractivity contribution >= 4 is 23.6 Å². The molecular weight excluding hydrogens is 424 g/mol. The molecule has 2 aromatic carbocycles. The molecule has 2 rings (SSSR count). The van der Waals surface area contributed by atoms with Crippen LogP contribution in [0.3, 0.4) is 0 Å². The van der Waals surface area contributed by atoms with Crippen molar-refractivity contribution in [3.8, 4) is 0 Å². The van der Waals surface area contributed by atoms with E-state index in [4.69, 9.17) is 4.74 Å². The second kappa shape index (κ2) is 12.6. The van der Waals surface area contributed by atoms with Gasteiger partial charge in [-0.1, -0.05) is 76.2 Å². The predicted molar refractivity (Wildman–Crippen MR) is 129 cm³/mol. The van der Waals surface area contributed by atoms with Gasteiger partial charge in [-0.3, -0.25) is 14.5 Å². The van der Waals surface area contributed by atoms with E-state index in [1.54, 1.807) is 19.2 Å². The Hall–Kier alpha value is -3.35. The first kappa shape index (κ1) is 25.9. The van der Waals surface area contributed by atoms with Crippen molar-refractivity contribution < 1.29 is 19.1 Å². The largest absolute Gasteiger partial charge is 0.445 e. The number of benzene rings is 2. The Labute approximate surface area is 196 Å². The van der Waals surface area contributed by atoms with Gasteiger partial charge in [-0.25, -0.2) is 4.79 Å². The van der Waals surface area contributed by atoms with E-state index in [1.807, 2.05) is 76.2 Å². The average Bonchev–Trinajstić information content (AvgIpc) is 2.77. The molecule has 2 aromatic rings. The third-order valence-corrected chi connectivity index (χ3v) is 5.19. The summed E-state index contributed by atoms with van der Waals surface area (Å²) in [5, 5.41) is 5.71. The van der Waals surface area contributed by atoms with Crippen molar-refractivity contribution in [3.05, 3.63) is 66.2 Å². The number of anilines is 1. The zero-order chi connectivity index (χ0) is 24.4. The van der Waals surface area contributed by atoms with Crippen LogP contribution in [0, 0.1) is 11.8 Å². The van der Waals surface area contributed by atoms with E-state index in [0.29, 0.717) is 12.1 Å². The topological polar surface area (TPSA) is 87.7 Å². The maximum Gasteiger partial charge on any atom is 0.410 e. The van der Waals surface area contributed by atoms with Gasteiger partial charge in [0.25, 0.3) is 0 Å². The number of hydrogen-bond donors (Lipinski definition) is 2. The highest BCUT2D eigenvalue weighted by atomic mass is 16.6. The van der Waals surface area contributed by atoms with E-state index in [-0.39, 0.29) is 24.3 Å². The van der Waals surface area contributed by atoms with Gasteiger partial charge in [0.05, 0.1) is 0 Å². The van der Waals surface area contributed by atoms with Gasteiger partial charge in [0.2, 0.25) is 11.8 Å². The van der Waals surface area contributed by atoms with Crippen LogP contribution in [0.25, 0.3) is 0 Å². The highest BCUT2D eigenvalue weighted by Crippen LogP contribution is 2.15. The van der Waals surface area contributed by atoms with Crippen molar-refractivity contribution in [2.75, 3.05) is 12.4 Å². The molecule has 0 saturated carbocycles. The van der Waals surface area contributed by atoms with Crippen molar-refractivity contribution in [1.82, 2.24) is 10.2 Å². The number of nitrogens with zero attached hydrogens (tertiary/aromatic N) is 1. The third kappa shape index (κ3) is 8.25.